The zero-order valence-corrected chi connectivity index (χ0v) is 17.0. The van der Waals surface area contributed by atoms with E-state index in [2.05, 4.69) is 0 Å². The van der Waals surface area contributed by atoms with Gasteiger partial charge in [0, 0.05) is 6.04 Å². The van der Waals surface area contributed by atoms with Crippen LogP contribution in [-0.4, -0.2) is 36.6 Å². The summed E-state index contributed by atoms with van der Waals surface area (Å²) in [5.41, 5.74) is 1.47. The summed E-state index contributed by atoms with van der Waals surface area (Å²) in [6.07, 6.45) is 0.359. The lowest BCUT2D eigenvalue weighted by molar-refractivity contribution is -0.122. The first-order valence-electron chi connectivity index (χ1n) is 9.29. The van der Waals surface area contributed by atoms with Gasteiger partial charge in [0.25, 0.3) is 5.91 Å². The molecule has 0 bridgehead atoms. The van der Waals surface area contributed by atoms with Crippen molar-refractivity contribution in [3.63, 3.8) is 0 Å². The van der Waals surface area contributed by atoms with Crippen molar-refractivity contribution in [3.05, 3.63) is 60.2 Å². The first-order valence-corrected chi connectivity index (χ1v) is 10.7. The zero-order valence-electron chi connectivity index (χ0n) is 16.2. The van der Waals surface area contributed by atoms with Gasteiger partial charge in [0.2, 0.25) is 15.9 Å². The van der Waals surface area contributed by atoms with Crippen LogP contribution in [0.25, 0.3) is 0 Å². The van der Waals surface area contributed by atoms with Gasteiger partial charge in [-0.25, -0.2) is 13.3 Å². The van der Waals surface area contributed by atoms with Crippen LogP contribution >= 0.6 is 0 Å². The van der Waals surface area contributed by atoms with Crippen molar-refractivity contribution in [1.82, 2.24) is 4.31 Å². The van der Waals surface area contributed by atoms with Crippen molar-refractivity contribution >= 4 is 27.5 Å². The lowest BCUT2D eigenvalue weighted by atomic mass is 10.2. The number of hydrogen-bond donors (Lipinski definition) is 0. The Morgan fingerprint density at radius 3 is 2.25 bits per heavy atom. The van der Waals surface area contributed by atoms with Crippen LogP contribution in [0.1, 0.15) is 32.3 Å². The second-order valence-corrected chi connectivity index (χ2v) is 8.87. The monoisotopic (exact) mass is 400 g/mol. The first kappa shape index (κ1) is 20.2. The van der Waals surface area contributed by atoms with Crippen LogP contribution in [0.2, 0.25) is 0 Å². The number of amides is 2. The number of carbonyl (C=O) groups excluding carboxylic acids is 2. The van der Waals surface area contributed by atoms with Crippen molar-refractivity contribution in [2.24, 2.45) is 0 Å². The summed E-state index contributed by atoms with van der Waals surface area (Å²) in [6, 6.07) is 13.6. The Morgan fingerprint density at radius 1 is 1.07 bits per heavy atom. The van der Waals surface area contributed by atoms with E-state index in [9.17, 15) is 18.0 Å². The van der Waals surface area contributed by atoms with E-state index in [1.54, 1.807) is 37.3 Å². The molecule has 1 heterocycles. The van der Waals surface area contributed by atoms with Gasteiger partial charge in [-0.05, 0) is 44.5 Å². The summed E-state index contributed by atoms with van der Waals surface area (Å²) in [5, 5.41) is 0. The molecule has 0 N–H and O–H groups in total. The van der Waals surface area contributed by atoms with Crippen LogP contribution < -0.4 is 4.90 Å². The molecule has 1 aliphatic heterocycles. The maximum atomic E-state index is 13.3. The first-order chi connectivity index (χ1) is 13.3. The van der Waals surface area contributed by atoms with Gasteiger partial charge in [0.1, 0.15) is 6.04 Å². The molecular weight excluding hydrogens is 376 g/mol. The fourth-order valence-electron chi connectivity index (χ4n) is 3.39. The summed E-state index contributed by atoms with van der Waals surface area (Å²) in [6.45, 7) is 5.53. The quantitative estimate of drug-likeness (QED) is 0.698. The van der Waals surface area contributed by atoms with Crippen LogP contribution in [0.4, 0.5) is 5.69 Å². The highest BCUT2D eigenvalue weighted by Gasteiger charge is 2.48. The zero-order chi connectivity index (χ0) is 20.5. The summed E-state index contributed by atoms with van der Waals surface area (Å²) in [7, 11) is -3.93. The number of benzene rings is 2. The van der Waals surface area contributed by atoms with Gasteiger partial charge >= 0.3 is 0 Å². The molecule has 0 radical (unpaired) electrons. The number of hydrogen-bond acceptors (Lipinski definition) is 4. The molecule has 1 saturated heterocycles. The molecule has 0 spiro atoms. The molecule has 2 aromatic rings. The molecular formula is C21H24N2O4S. The largest absolute Gasteiger partial charge is 0.274 e. The summed E-state index contributed by atoms with van der Waals surface area (Å²) in [5.74, 6) is -0.899. The average molecular weight is 401 g/mol. The highest BCUT2D eigenvalue weighted by molar-refractivity contribution is 7.89. The summed E-state index contributed by atoms with van der Waals surface area (Å²) >= 11 is 0. The second-order valence-electron chi connectivity index (χ2n) is 7.03. The van der Waals surface area contributed by atoms with Crippen molar-refractivity contribution in [2.75, 3.05) is 4.90 Å². The van der Waals surface area contributed by atoms with Gasteiger partial charge in [-0.1, -0.05) is 42.8 Å². The topological polar surface area (TPSA) is 74.8 Å². The van der Waals surface area contributed by atoms with Gasteiger partial charge < -0.3 is 0 Å². The predicted octanol–water partition coefficient (Wildman–Crippen LogP) is 3.12. The maximum Gasteiger partial charge on any atom is 0.252 e. The minimum Gasteiger partial charge on any atom is -0.274 e. The number of carbonyl (C=O) groups is 2. The summed E-state index contributed by atoms with van der Waals surface area (Å²) in [4.78, 5) is 27.0. The Balaban J connectivity index is 2.01. The minimum atomic E-state index is -3.93. The Labute approximate surface area is 165 Å². The van der Waals surface area contributed by atoms with Crippen LogP contribution in [0.5, 0.6) is 0 Å². The maximum absolute atomic E-state index is 13.3. The molecule has 2 unspecified atom stereocenters. The molecule has 1 fully saturated rings. The third-order valence-corrected chi connectivity index (χ3v) is 7.10. The van der Waals surface area contributed by atoms with E-state index in [1.165, 1.54) is 16.4 Å². The molecule has 0 aromatic heterocycles. The van der Waals surface area contributed by atoms with E-state index in [-0.39, 0.29) is 11.3 Å². The highest BCUT2D eigenvalue weighted by Crippen LogP contribution is 2.31. The standard InChI is InChI=1S/C21H24N2O4S/c1-4-16(3)23(28(26,27)18-8-6-5-7-9-18)19-14-20(24)22(21(19)25)17-12-10-15(2)11-13-17/h5-13,16,19H,4,14H2,1-3H3. The van der Waals surface area contributed by atoms with Crippen molar-refractivity contribution in [1.29, 1.82) is 0 Å². The van der Waals surface area contributed by atoms with E-state index in [0.717, 1.165) is 10.5 Å². The molecule has 0 aliphatic carbocycles. The Kier molecular flexibility index (Phi) is 5.67. The molecule has 6 nitrogen and oxygen atoms in total. The summed E-state index contributed by atoms with van der Waals surface area (Å²) < 4.78 is 27.8. The van der Waals surface area contributed by atoms with Crippen LogP contribution in [0.3, 0.4) is 0 Å². The minimum absolute atomic E-state index is 0.115. The molecule has 148 valence electrons. The van der Waals surface area contributed by atoms with Gasteiger partial charge in [-0.3, -0.25) is 9.59 Å². The number of aryl methyl sites for hydroxylation is 1. The van der Waals surface area contributed by atoms with Gasteiger partial charge in [0.15, 0.2) is 0 Å². The molecule has 2 amide bonds. The second kappa shape index (κ2) is 7.85. The van der Waals surface area contributed by atoms with E-state index < -0.39 is 33.9 Å². The molecule has 2 aromatic carbocycles. The SMILES string of the molecule is CCC(C)N(C1CC(=O)N(c2ccc(C)cc2)C1=O)S(=O)(=O)c1ccccc1. The normalized spacial score (nSPS) is 18.7. The molecule has 7 heteroatoms. The lowest BCUT2D eigenvalue weighted by Crippen LogP contribution is -2.49. The Bertz CT molecular complexity index is 971. The molecule has 2 atom stereocenters. The predicted molar refractivity (Wildman–Crippen MR) is 107 cm³/mol. The van der Waals surface area contributed by atoms with E-state index >= 15 is 0 Å². The van der Waals surface area contributed by atoms with E-state index in [1.807, 2.05) is 26.0 Å². The van der Waals surface area contributed by atoms with Gasteiger partial charge in [0.05, 0.1) is 17.0 Å². The average Bonchev–Trinajstić information content (AvgIpc) is 2.97. The van der Waals surface area contributed by atoms with Crippen LogP contribution in [0, 0.1) is 6.92 Å². The van der Waals surface area contributed by atoms with Gasteiger partial charge in [-0.15, -0.1) is 0 Å². The third kappa shape index (κ3) is 3.59. The number of anilines is 1. The molecule has 0 saturated carbocycles. The highest BCUT2D eigenvalue weighted by atomic mass is 32.2. The fourth-order valence-corrected chi connectivity index (χ4v) is 5.25. The molecule has 1 aliphatic rings. The van der Waals surface area contributed by atoms with Crippen molar-refractivity contribution in [3.8, 4) is 0 Å². The fraction of sp³-hybridized carbons (Fsp3) is 0.333. The Morgan fingerprint density at radius 2 is 1.68 bits per heavy atom. The van der Waals surface area contributed by atoms with Crippen LogP contribution in [-0.2, 0) is 19.6 Å². The number of imide groups is 1. The molecule has 28 heavy (non-hydrogen) atoms. The molecule has 3 rings (SSSR count). The number of sulfonamides is 1. The van der Waals surface area contributed by atoms with Gasteiger partial charge in [-0.2, -0.15) is 4.31 Å². The Hall–Kier alpha value is -2.51. The van der Waals surface area contributed by atoms with Crippen molar-refractivity contribution < 1.29 is 18.0 Å². The number of rotatable bonds is 6. The third-order valence-electron chi connectivity index (χ3n) is 5.07. The van der Waals surface area contributed by atoms with Crippen molar-refractivity contribution in [2.45, 2.75) is 50.6 Å². The van der Waals surface area contributed by atoms with E-state index in [4.69, 9.17) is 0 Å². The lowest BCUT2D eigenvalue weighted by Gasteiger charge is -2.31. The van der Waals surface area contributed by atoms with E-state index in [0.29, 0.717) is 12.1 Å². The smallest absolute Gasteiger partial charge is 0.252 e. The number of nitrogens with zero attached hydrogens (tertiary/aromatic N) is 2. The van der Waals surface area contributed by atoms with Crippen LogP contribution in [0.15, 0.2) is 59.5 Å².